The number of nitrogens with two attached hydrogens (primary N) is 1. The van der Waals surface area contributed by atoms with Gasteiger partial charge in [-0.1, -0.05) is 6.07 Å². The van der Waals surface area contributed by atoms with E-state index >= 15 is 0 Å². The number of hydrogen-bond acceptors (Lipinski definition) is 4. The second-order valence-electron chi connectivity index (χ2n) is 6.17. The molecular weight excluding hydrogens is 294 g/mol. The highest BCUT2D eigenvalue weighted by Crippen LogP contribution is 2.28. The fourth-order valence-corrected chi connectivity index (χ4v) is 3.51. The lowest BCUT2D eigenvalue weighted by molar-refractivity contribution is -0.134. The average molecular weight is 317 g/mol. The second-order valence-corrected chi connectivity index (χ2v) is 6.17. The van der Waals surface area contributed by atoms with Crippen LogP contribution in [0.2, 0.25) is 0 Å². The van der Waals surface area contributed by atoms with Crippen molar-refractivity contribution in [1.29, 1.82) is 0 Å². The maximum atomic E-state index is 12.5. The molecule has 2 amide bonds. The highest BCUT2D eigenvalue weighted by atomic mass is 16.5. The number of nitrogens with zero attached hydrogens (tertiary/aromatic N) is 1. The van der Waals surface area contributed by atoms with Crippen molar-refractivity contribution in [2.24, 2.45) is 5.73 Å². The molecule has 1 aromatic rings. The van der Waals surface area contributed by atoms with Crippen molar-refractivity contribution < 1.29 is 14.3 Å². The van der Waals surface area contributed by atoms with Crippen molar-refractivity contribution in [3.63, 3.8) is 0 Å². The standard InChI is InChI=1S/C17H23N3O3/c18-17(22)12-2-1-3-15(10-12)23-9-7-16(21)20-13-4-5-14(20)11-19-8-6-13/h1-3,10,13-14,19H,4-9,11H2,(H2,18,22). The van der Waals surface area contributed by atoms with E-state index in [2.05, 4.69) is 10.2 Å². The third-order valence-corrected chi connectivity index (χ3v) is 4.65. The second kappa shape index (κ2) is 7.00. The minimum absolute atomic E-state index is 0.159. The van der Waals surface area contributed by atoms with Gasteiger partial charge < -0.3 is 20.7 Å². The van der Waals surface area contributed by atoms with Gasteiger partial charge in [0.05, 0.1) is 13.0 Å². The number of carbonyl (C=O) groups excluding carboxylic acids is 2. The molecule has 0 spiro atoms. The number of nitrogens with one attached hydrogen (secondary N) is 1. The van der Waals surface area contributed by atoms with Crippen LogP contribution < -0.4 is 15.8 Å². The van der Waals surface area contributed by atoms with E-state index in [1.54, 1.807) is 24.3 Å². The number of carbonyl (C=O) groups is 2. The third kappa shape index (κ3) is 3.64. The van der Waals surface area contributed by atoms with E-state index in [1.165, 1.54) is 0 Å². The minimum atomic E-state index is -0.486. The lowest BCUT2D eigenvalue weighted by Gasteiger charge is -2.28. The van der Waals surface area contributed by atoms with Crippen LogP contribution in [0, 0.1) is 0 Å². The monoisotopic (exact) mass is 317 g/mol. The summed E-state index contributed by atoms with van der Waals surface area (Å²) >= 11 is 0. The zero-order chi connectivity index (χ0) is 16.2. The smallest absolute Gasteiger partial charge is 0.248 e. The highest BCUT2D eigenvalue weighted by Gasteiger charge is 2.37. The molecule has 0 radical (unpaired) electrons. The predicted octanol–water partition coefficient (Wildman–Crippen LogP) is 0.907. The van der Waals surface area contributed by atoms with Crippen LogP contribution >= 0.6 is 0 Å². The molecule has 0 aliphatic carbocycles. The number of benzene rings is 1. The van der Waals surface area contributed by atoms with Crippen LogP contribution in [0.15, 0.2) is 24.3 Å². The molecule has 2 atom stereocenters. The van der Waals surface area contributed by atoms with Crippen LogP contribution in [0.3, 0.4) is 0 Å². The first-order valence-electron chi connectivity index (χ1n) is 8.19. The van der Waals surface area contributed by atoms with Gasteiger partial charge >= 0.3 is 0 Å². The molecule has 0 aromatic heterocycles. The van der Waals surface area contributed by atoms with Gasteiger partial charge in [0.1, 0.15) is 5.75 Å². The number of rotatable bonds is 5. The molecule has 2 unspecified atom stereocenters. The Morgan fingerprint density at radius 1 is 1.26 bits per heavy atom. The lowest BCUT2D eigenvalue weighted by atomic mass is 10.1. The van der Waals surface area contributed by atoms with Crippen LogP contribution in [0.1, 0.15) is 36.0 Å². The minimum Gasteiger partial charge on any atom is -0.493 e. The molecular formula is C17H23N3O3. The Morgan fingerprint density at radius 3 is 2.91 bits per heavy atom. The quantitative estimate of drug-likeness (QED) is 0.845. The molecule has 2 fully saturated rings. The molecule has 3 rings (SSSR count). The van der Waals surface area contributed by atoms with Crippen LogP contribution in [-0.2, 0) is 4.79 Å². The van der Waals surface area contributed by atoms with Crippen molar-refractivity contribution >= 4 is 11.8 Å². The fraction of sp³-hybridized carbons (Fsp3) is 0.529. The first kappa shape index (κ1) is 15.8. The number of ether oxygens (including phenoxy) is 1. The van der Waals surface area contributed by atoms with Gasteiger partial charge in [0.25, 0.3) is 0 Å². The Hall–Kier alpha value is -2.08. The zero-order valence-electron chi connectivity index (χ0n) is 13.2. The molecule has 2 heterocycles. The molecule has 2 saturated heterocycles. The van der Waals surface area contributed by atoms with Crippen molar-refractivity contribution in [2.75, 3.05) is 19.7 Å². The van der Waals surface area contributed by atoms with E-state index < -0.39 is 5.91 Å². The Morgan fingerprint density at radius 2 is 2.09 bits per heavy atom. The summed E-state index contributed by atoms with van der Waals surface area (Å²) in [6, 6.07) is 7.43. The Bertz CT molecular complexity index is 576. The first-order valence-corrected chi connectivity index (χ1v) is 8.19. The third-order valence-electron chi connectivity index (χ3n) is 4.65. The predicted molar refractivity (Wildman–Crippen MR) is 86.2 cm³/mol. The van der Waals surface area contributed by atoms with Crippen LogP contribution in [-0.4, -0.2) is 48.5 Å². The molecule has 0 saturated carbocycles. The maximum Gasteiger partial charge on any atom is 0.248 e. The van der Waals surface area contributed by atoms with E-state index in [9.17, 15) is 9.59 Å². The van der Waals surface area contributed by atoms with E-state index in [0.717, 1.165) is 32.4 Å². The van der Waals surface area contributed by atoms with E-state index in [0.29, 0.717) is 36.4 Å². The van der Waals surface area contributed by atoms with Crippen molar-refractivity contribution in [3.8, 4) is 5.75 Å². The molecule has 124 valence electrons. The number of primary amides is 1. The molecule has 6 nitrogen and oxygen atoms in total. The Balaban J connectivity index is 1.53. The maximum absolute atomic E-state index is 12.5. The Labute approximate surface area is 136 Å². The van der Waals surface area contributed by atoms with Gasteiger partial charge in [0.15, 0.2) is 0 Å². The summed E-state index contributed by atoms with van der Waals surface area (Å²) in [7, 11) is 0. The average Bonchev–Trinajstić information content (AvgIpc) is 2.80. The van der Waals surface area contributed by atoms with Crippen molar-refractivity contribution in [1.82, 2.24) is 10.2 Å². The lowest BCUT2D eigenvalue weighted by Crippen LogP contribution is -2.42. The molecule has 2 bridgehead atoms. The number of hydrogen-bond donors (Lipinski definition) is 2. The number of fused-ring (bicyclic) bond motifs is 2. The SMILES string of the molecule is NC(=O)c1cccc(OCCC(=O)N2C3CCNCC2CC3)c1. The fourth-order valence-electron chi connectivity index (χ4n) is 3.51. The number of amides is 2. The summed E-state index contributed by atoms with van der Waals surface area (Å²) in [6.07, 6.45) is 3.59. The van der Waals surface area contributed by atoms with Gasteiger partial charge in [0, 0.05) is 24.2 Å². The van der Waals surface area contributed by atoms with E-state index in [-0.39, 0.29) is 5.91 Å². The summed E-state index contributed by atoms with van der Waals surface area (Å²) in [6.45, 7) is 2.19. The summed E-state index contributed by atoms with van der Waals surface area (Å²) < 4.78 is 5.61. The highest BCUT2D eigenvalue weighted by molar-refractivity contribution is 5.93. The molecule has 1 aromatic carbocycles. The van der Waals surface area contributed by atoms with Gasteiger partial charge in [-0.2, -0.15) is 0 Å². The summed E-state index contributed by atoms with van der Waals surface area (Å²) in [5, 5.41) is 3.39. The summed E-state index contributed by atoms with van der Waals surface area (Å²) in [5.74, 6) is 0.238. The topological polar surface area (TPSA) is 84.7 Å². The van der Waals surface area contributed by atoms with Gasteiger partial charge in [-0.15, -0.1) is 0 Å². The van der Waals surface area contributed by atoms with Crippen molar-refractivity contribution in [3.05, 3.63) is 29.8 Å². The zero-order valence-corrected chi connectivity index (χ0v) is 13.2. The van der Waals surface area contributed by atoms with Gasteiger partial charge in [-0.05, 0) is 44.0 Å². The molecule has 23 heavy (non-hydrogen) atoms. The Kier molecular flexibility index (Phi) is 4.81. The van der Waals surface area contributed by atoms with E-state index in [4.69, 9.17) is 10.5 Å². The first-order chi connectivity index (χ1) is 11.1. The van der Waals surface area contributed by atoms with Crippen LogP contribution in [0.5, 0.6) is 5.75 Å². The summed E-state index contributed by atoms with van der Waals surface area (Å²) in [4.78, 5) is 25.7. The molecule has 6 heteroatoms. The molecule has 2 aliphatic heterocycles. The van der Waals surface area contributed by atoms with E-state index in [1.807, 2.05) is 0 Å². The summed E-state index contributed by atoms with van der Waals surface area (Å²) in [5.41, 5.74) is 5.66. The molecule has 2 aliphatic rings. The normalized spacial score (nSPS) is 23.4. The van der Waals surface area contributed by atoms with Gasteiger partial charge in [0.2, 0.25) is 11.8 Å². The van der Waals surface area contributed by atoms with Crippen molar-refractivity contribution in [2.45, 2.75) is 37.8 Å². The largest absolute Gasteiger partial charge is 0.493 e. The van der Waals surface area contributed by atoms with Gasteiger partial charge in [-0.3, -0.25) is 9.59 Å². The molecule has 3 N–H and O–H groups in total. The van der Waals surface area contributed by atoms with Crippen LogP contribution in [0.25, 0.3) is 0 Å². The van der Waals surface area contributed by atoms with Crippen LogP contribution in [0.4, 0.5) is 0 Å². The van der Waals surface area contributed by atoms with Gasteiger partial charge in [-0.25, -0.2) is 0 Å².